The van der Waals surface area contributed by atoms with Crippen molar-refractivity contribution in [1.29, 1.82) is 0 Å². The molecule has 7 heteroatoms. The predicted octanol–water partition coefficient (Wildman–Crippen LogP) is 3.74. The van der Waals surface area contributed by atoms with E-state index in [9.17, 15) is 4.79 Å². The standard InChI is InChI=1S/C23H26N6O/c1-23(2)7-6-17-20(10-23)27-28-21(17)19-9-15-8-14(4-5-18(15)26-19)22(30)25-12-16-11-24-13-29(16)3/h4-5,8-9,11,13,26H,6-7,10,12H2,1-3H3,(H,25,30)(H,27,28). The number of aromatic nitrogens is 5. The lowest BCUT2D eigenvalue weighted by atomic mass is 9.76. The lowest BCUT2D eigenvalue weighted by Gasteiger charge is -2.28. The summed E-state index contributed by atoms with van der Waals surface area (Å²) < 4.78 is 1.90. The monoisotopic (exact) mass is 402 g/mol. The summed E-state index contributed by atoms with van der Waals surface area (Å²) in [6.07, 6.45) is 6.70. The Morgan fingerprint density at radius 3 is 2.97 bits per heavy atom. The number of carbonyl (C=O) groups is 1. The van der Waals surface area contributed by atoms with Gasteiger partial charge in [0.2, 0.25) is 0 Å². The molecule has 0 saturated carbocycles. The van der Waals surface area contributed by atoms with Gasteiger partial charge in [0.15, 0.2) is 0 Å². The van der Waals surface area contributed by atoms with Gasteiger partial charge in [0.25, 0.3) is 5.91 Å². The molecule has 0 radical (unpaired) electrons. The highest BCUT2D eigenvalue weighted by Crippen LogP contribution is 2.38. The van der Waals surface area contributed by atoms with E-state index in [1.54, 1.807) is 12.5 Å². The Hall–Kier alpha value is -3.35. The molecule has 0 atom stereocenters. The maximum Gasteiger partial charge on any atom is 0.251 e. The number of imidazole rings is 1. The second kappa shape index (κ2) is 6.86. The first-order chi connectivity index (χ1) is 14.4. The number of amides is 1. The minimum absolute atomic E-state index is 0.0970. The van der Waals surface area contributed by atoms with E-state index in [0.717, 1.165) is 47.2 Å². The average molecular weight is 403 g/mol. The summed E-state index contributed by atoms with van der Waals surface area (Å²) in [6.45, 7) is 5.06. The average Bonchev–Trinajstić information content (AvgIpc) is 3.41. The van der Waals surface area contributed by atoms with Crippen LogP contribution in [0.2, 0.25) is 0 Å². The summed E-state index contributed by atoms with van der Waals surface area (Å²) >= 11 is 0. The third kappa shape index (κ3) is 3.30. The zero-order valence-electron chi connectivity index (χ0n) is 17.5. The maximum atomic E-state index is 12.6. The van der Waals surface area contributed by atoms with Gasteiger partial charge in [0.05, 0.1) is 24.3 Å². The zero-order chi connectivity index (χ0) is 20.9. The summed E-state index contributed by atoms with van der Waals surface area (Å²) in [5, 5.41) is 11.8. The number of rotatable bonds is 4. The molecular formula is C23H26N6O. The van der Waals surface area contributed by atoms with Gasteiger partial charge in [-0.05, 0) is 48.9 Å². The van der Waals surface area contributed by atoms with Gasteiger partial charge >= 0.3 is 0 Å². The van der Waals surface area contributed by atoms with E-state index in [1.807, 2.05) is 29.8 Å². The zero-order valence-corrected chi connectivity index (χ0v) is 17.5. The Morgan fingerprint density at radius 1 is 1.30 bits per heavy atom. The van der Waals surface area contributed by atoms with E-state index in [-0.39, 0.29) is 5.91 Å². The Bertz CT molecular complexity index is 1240. The van der Waals surface area contributed by atoms with Crippen molar-refractivity contribution < 1.29 is 4.79 Å². The van der Waals surface area contributed by atoms with Crippen molar-refractivity contribution in [2.75, 3.05) is 0 Å². The smallest absolute Gasteiger partial charge is 0.251 e. The Morgan fingerprint density at radius 2 is 2.17 bits per heavy atom. The van der Waals surface area contributed by atoms with Crippen molar-refractivity contribution in [2.45, 2.75) is 39.7 Å². The Balaban J connectivity index is 1.39. The van der Waals surface area contributed by atoms with E-state index in [2.05, 4.69) is 45.4 Å². The summed E-state index contributed by atoms with van der Waals surface area (Å²) in [5.41, 5.74) is 7.47. The van der Waals surface area contributed by atoms with Crippen LogP contribution in [0.4, 0.5) is 0 Å². The second-order valence-electron chi connectivity index (χ2n) is 9.03. The van der Waals surface area contributed by atoms with Crippen molar-refractivity contribution in [1.82, 2.24) is 30.0 Å². The van der Waals surface area contributed by atoms with Crippen molar-refractivity contribution in [3.05, 3.63) is 59.3 Å². The number of benzene rings is 1. The molecular weight excluding hydrogens is 376 g/mol. The van der Waals surface area contributed by atoms with E-state index in [0.29, 0.717) is 17.5 Å². The molecule has 0 unspecified atom stereocenters. The molecule has 3 N–H and O–H groups in total. The Kier molecular flexibility index (Phi) is 4.27. The van der Waals surface area contributed by atoms with Crippen LogP contribution in [0.3, 0.4) is 0 Å². The molecule has 7 nitrogen and oxygen atoms in total. The van der Waals surface area contributed by atoms with Gasteiger partial charge < -0.3 is 14.9 Å². The van der Waals surface area contributed by atoms with Gasteiger partial charge in [-0.1, -0.05) is 13.8 Å². The molecule has 3 heterocycles. The van der Waals surface area contributed by atoms with Crippen LogP contribution in [-0.4, -0.2) is 30.6 Å². The number of fused-ring (bicyclic) bond motifs is 2. The van der Waals surface area contributed by atoms with Crippen LogP contribution < -0.4 is 5.32 Å². The molecule has 3 aromatic heterocycles. The number of aryl methyl sites for hydroxylation is 1. The fourth-order valence-corrected chi connectivity index (χ4v) is 4.30. The summed E-state index contributed by atoms with van der Waals surface area (Å²) in [6, 6.07) is 7.82. The minimum atomic E-state index is -0.0970. The number of hydrogen-bond acceptors (Lipinski definition) is 3. The topological polar surface area (TPSA) is 91.4 Å². The van der Waals surface area contributed by atoms with Crippen LogP contribution in [0.25, 0.3) is 22.3 Å². The van der Waals surface area contributed by atoms with Gasteiger partial charge in [-0.3, -0.25) is 9.89 Å². The van der Waals surface area contributed by atoms with Crippen molar-refractivity contribution in [3.63, 3.8) is 0 Å². The Labute approximate surface area is 174 Å². The molecule has 1 aliphatic carbocycles. The van der Waals surface area contributed by atoms with Gasteiger partial charge in [-0.25, -0.2) is 4.98 Å². The highest BCUT2D eigenvalue weighted by atomic mass is 16.1. The lowest BCUT2D eigenvalue weighted by Crippen LogP contribution is -2.23. The molecule has 1 aliphatic rings. The molecule has 5 rings (SSSR count). The van der Waals surface area contributed by atoms with Crippen LogP contribution in [-0.2, 0) is 26.4 Å². The summed E-state index contributed by atoms with van der Waals surface area (Å²) in [5.74, 6) is -0.0970. The van der Waals surface area contributed by atoms with E-state index in [1.165, 1.54) is 11.3 Å². The number of carbonyl (C=O) groups excluding carboxylic acids is 1. The molecule has 1 aromatic carbocycles. The van der Waals surface area contributed by atoms with E-state index >= 15 is 0 Å². The molecule has 30 heavy (non-hydrogen) atoms. The third-order valence-electron chi connectivity index (χ3n) is 6.14. The van der Waals surface area contributed by atoms with Crippen molar-refractivity contribution in [3.8, 4) is 11.4 Å². The van der Waals surface area contributed by atoms with Gasteiger partial charge in [-0.2, -0.15) is 5.10 Å². The second-order valence-corrected chi connectivity index (χ2v) is 9.03. The lowest BCUT2D eigenvalue weighted by molar-refractivity contribution is 0.0950. The van der Waals surface area contributed by atoms with Crippen molar-refractivity contribution in [2.24, 2.45) is 12.5 Å². The highest BCUT2D eigenvalue weighted by molar-refractivity contribution is 5.99. The predicted molar refractivity (Wildman–Crippen MR) is 116 cm³/mol. The number of nitrogens with zero attached hydrogens (tertiary/aromatic N) is 3. The molecule has 4 aromatic rings. The molecule has 0 bridgehead atoms. The van der Waals surface area contributed by atoms with Crippen molar-refractivity contribution >= 4 is 16.8 Å². The van der Waals surface area contributed by atoms with Gasteiger partial charge in [0, 0.05) is 41.0 Å². The maximum absolute atomic E-state index is 12.6. The third-order valence-corrected chi connectivity index (χ3v) is 6.14. The first-order valence-electron chi connectivity index (χ1n) is 10.3. The molecule has 0 aliphatic heterocycles. The molecule has 154 valence electrons. The van der Waals surface area contributed by atoms with Crippen LogP contribution in [0.5, 0.6) is 0 Å². The van der Waals surface area contributed by atoms with E-state index in [4.69, 9.17) is 0 Å². The molecule has 0 spiro atoms. The fourth-order valence-electron chi connectivity index (χ4n) is 4.30. The summed E-state index contributed by atoms with van der Waals surface area (Å²) in [4.78, 5) is 20.2. The van der Waals surface area contributed by atoms with Gasteiger partial charge in [-0.15, -0.1) is 0 Å². The van der Waals surface area contributed by atoms with Crippen LogP contribution >= 0.6 is 0 Å². The van der Waals surface area contributed by atoms with E-state index < -0.39 is 0 Å². The van der Waals surface area contributed by atoms with Crippen LogP contribution in [0.1, 0.15) is 47.6 Å². The quantitative estimate of drug-likeness (QED) is 0.486. The number of hydrogen-bond donors (Lipinski definition) is 3. The first-order valence-corrected chi connectivity index (χ1v) is 10.3. The first kappa shape index (κ1) is 18.7. The normalized spacial score (nSPS) is 15.3. The van der Waals surface area contributed by atoms with Gasteiger partial charge in [0.1, 0.15) is 5.69 Å². The number of nitrogens with one attached hydrogen (secondary N) is 3. The highest BCUT2D eigenvalue weighted by Gasteiger charge is 2.29. The SMILES string of the molecule is Cn1cncc1CNC(=O)c1ccc2[nH]c(-c3n[nH]c4c3CCC(C)(C)C4)cc2c1. The van der Waals surface area contributed by atoms with Crippen LogP contribution in [0.15, 0.2) is 36.8 Å². The number of aromatic amines is 2. The summed E-state index contributed by atoms with van der Waals surface area (Å²) in [7, 11) is 1.91. The number of H-pyrrole nitrogens is 2. The molecule has 0 fully saturated rings. The fraction of sp³-hybridized carbons (Fsp3) is 0.348. The minimum Gasteiger partial charge on any atom is -0.353 e. The molecule has 0 saturated heterocycles. The largest absolute Gasteiger partial charge is 0.353 e. The molecule has 1 amide bonds. The van der Waals surface area contributed by atoms with Crippen LogP contribution in [0, 0.1) is 5.41 Å².